The summed E-state index contributed by atoms with van der Waals surface area (Å²) in [5.74, 6) is 1.05. The lowest BCUT2D eigenvalue weighted by Gasteiger charge is -2.27. The van der Waals surface area contributed by atoms with E-state index >= 15 is 0 Å². The SMILES string of the molecule is CN=C(NCc1ccc(N2CCCCC2=O)cc1)NCC(c1cccs1)N1CCCC1. The molecule has 2 aromatic rings. The van der Waals surface area contributed by atoms with Crippen molar-refractivity contribution < 1.29 is 4.79 Å². The number of nitrogens with zero attached hydrogens (tertiary/aromatic N) is 3. The summed E-state index contributed by atoms with van der Waals surface area (Å²) in [6.07, 6.45) is 5.33. The van der Waals surface area contributed by atoms with Gasteiger partial charge in [-0.3, -0.25) is 14.7 Å². The molecule has 0 bridgehead atoms. The molecule has 2 N–H and O–H groups in total. The molecule has 2 aliphatic rings. The van der Waals surface area contributed by atoms with Gasteiger partial charge in [-0.2, -0.15) is 0 Å². The zero-order chi connectivity index (χ0) is 21.5. The predicted molar refractivity (Wildman–Crippen MR) is 129 cm³/mol. The van der Waals surface area contributed by atoms with Crippen molar-refractivity contribution in [1.29, 1.82) is 0 Å². The van der Waals surface area contributed by atoms with E-state index in [2.05, 4.69) is 62.3 Å². The van der Waals surface area contributed by atoms with Gasteiger partial charge in [0.05, 0.1) is 6.04 Å². The molecule has 0 saturated carbocycles. The number of hydrogen-bond donors (Lipinski definition) is 2. The summed E-state index contributed by atoms with van der Waals surface area (Å²) < 4.78 is 0. The van der Waals surface area contributed by atoms with Crippen LogP contribution in [0.2, 0.25) is 0 Å². The topological polar surface area (TPSA) is 60.0 Å². The second-order valence-electron chi connectivity index (χ2n) is 8.25. The summed E-state index contributed by atoms with van der Waals surface area (Å²) in [6, 6.07) is 13.1. The zero-order valence-corrected chi connectivity index (χ0v) is 19.2. The first-order valence-corrected chi connectivity index (χ1v) is 12.2. The molecule has 1 amide bonds. The highest BCUT2D eigenvalue weighted by Crippen LogP contribution is 2.27. The summed E-state index contributed by atoms with van der Waals surface area (Å²) in [4.78, 5) is 22.4. The van der Waals surface area contributed by atoms with Crippen molar-refractivity contribution in [2.24, 2.45) is 4.99 Å². The molecule has 1 unspecified atom stereocenters. The van der Waals surface area contributed by atoms with Crippen molar-refractivity contribution in [3.05, 3.63) is 52.2 Å². The summed E-state index contributed by atoms with van der Waals surface area (Å²) >= 11 is 1.83. The van der Waals surface area contributed by atoms with E-state index in [1.54, 1.807) is 0 Å². The Morgan fingerprint density at radius 2 is 1.84 bits per heavy atom. The van der Waals surface area contributed by atoms with Gasteiger partial charge in [0.1, 0.15) is 0 Å². The van der Waals surface area contributed by atoms with Crippen LogP contribution < -0.4 is 15.5 Å². The Bertz CT molecular complexity index is 859. The van der Waals surface area contributed by atoms with Gasteiger partial charge in [-0.15, -0.1) is 11.3 Å². The fourth-order valence-corrected chi connectivity index (χ4v) is 5.28. The molecule has 0 aliphatic carbocycles. The van der Waals surface area contributed by atoms with Crippen LogP contribution >= 0.6 is 11.3 Å². The van der Waals surface area contributed by atoms with E-state index in [0.29, 0.717) is 19.0 Å². The molecule has 6 nitrogen and oxygen atoms in total. The molecule has 2 saturated heterocycles. The molecule has 7 heteroatoms. The molecule has 0 spiro atoms. The molecule has 1 aromatic carbocycles. The van der Waals surface area contributed by atoms with Gasteiger partial charge in [0.25, 0.3) is 0 Å². The van der Waals surface area contributed by atoms with Gasteiger partial charge in [-0.25, -0.2) is 0 Å². The average molecular weight is 440 g/mol. The molecule has 166 valence electrons. The van der Waals surface area contributed by atoms with Crippen LogP contribution in [-0.4, -0.2) is 50.0 Å². The minimum atomic E-state index is 0.236. The molecule has 0 radical (unpaired) electrons. The first-order chi connectivity index (χ1) is 15.2. The number of benzene rings is 1. The minimum absolute atomic E-state index is 0.236. The molecule has 1 aromatic heterocycles. The lowest BCUT2D eigenvalue weighted by Crippen LogP contribution is -2.42. The highest BCUT2D eigenvalue weighted by molar-refractivity contribution is 7.10. The number of rotatable bonds is 7. The van der Waals surface area contributed by atoms with Gasteiger partial charge in [-0.05, 0) is 67.9 Å². The molecule has 2 fully saturated rings. The number of hydrogen-bond acceptors (Lipinski definition) is 4. The van der Waals surface area contributed by atoms with E-state index in [9.17, 15) is 4.79 Å². The largest absolute Gasteiger partial charge is 0.354 e. The lowest BCUT2D eigenvalue weighted by atomic mass is 10.1. The third-order valence-corrected chi connectivity index (χ3v) is 7.14. The van der Waals surface area contributed by atoms with Gasteiger partial charge >= 0.3 is 0 Å². The van der Waals surface area contributed by atoms with Crippen LogP contribution in [0.4, 0.5) is 5.69 Å². The predicted octanol–water partition coefficient (Wildman–Crippen LogP) is 3.77. The van der Waals surface area contributed by atoms with E-state index in [1.807, 2.05) is 23.3 Å². The molecule has 31 heavy (non-hydrogen) atoms. The van der Waals surface area contributed by atoms with Crippen LogP contribution in [0, 0.1) is 0 Å². The van der Waals surface area contributed by atoms with Crippen molar-refractivity contribution in [1.82, 2.24) is 15.5 Å². The smallest absolute Gasteiger partial charge is 0.226 e. The van der Waals surface area contributed by atoms with E-state index in [4.69, 9.17) is 0 Å². The van der Waals surface area contributed by atoms with E-state index in [0.717, 1.165) is 37.6 Å². The Morgan fingerprint density at radius 1 is 1.06 bits per heavy atom. The number of piperidine rings is 1. The standard InChI is InChI=1S/C24H33N5OS/c1-25-24(27-18-21(22-7-6-16-31-22)28-13-4-5-14-28)26-17-19-9-11-20(12-10-19)29-15-3-2-8-23(29)30/h6-7,9-12,16,21H,2-5,8,13-15,17-18H2,1H3,(H2,25,26,27). The maximum Gasteiger partial charge on any atom is 0.226 e. The fraction of sp³-hybridized carbons (Fsp3) is 0.500. The number of carbonyl (C=O) groups is 1. The van der Waals surface area contributed by atoms with Gasteiger partial charge < -0.3 is 15.5 Å². The number of carbonyl (C=O) groups excluding carboxylic acids is 1. The highest BCUT2D eigenvalue weighted by atomic mass is 32.1. The Morgan fingerprint density at radius 3 is 2.52 bits per heavy atom. The normalized spacial score (nSPS) is 18.9. The fourth-order valence-electron chi connectivity index (χ4n) is 4.42. The third-order valence-electron chi connectivity index (χ3n) is 6.17. The number of guanidine groups is 1. The van der Waals surface area contributed by atoms with Crippen molar-refractivity contribution in [2.75, 3.05) is 38.1 Å². The summed E-state index contributed by atoms with van der Waals surface area (Å²) in [7, 11) is 1.82. The molecule has 1 atom stereocenters. The van der Waals surface area contributed by atoms with Crippen LogP contribution in [0.15, 0.2) is 46.8 Å². The van der Waals surface area contributed by atoms with Crippen LogP contribution in [0.1, 0.15) is 48.6 Å². The Hall–Kier alpha value is -2.38. The van der Waals surface area contributed by atoms with E-state index < -0.39 is 0 Å². The number of thiophene rings is 1. The summed E-state index contributed by atoms with van der Waals surface area (Å²) in [5.41, 5.74) is 2.17. The second kappa shape index (κ2) is 10.8. The maximum absolute atomic E-state index is 12.1. The Balaban J connectivity index is 1.30. The van der Waals surface area contributed by atoms with Gasteiger partial charge in [0.15, 0.2) is 5.96 Å². The number of nitrogens with one attached hydrogen (secondary N) is 2. The Kier molecular flexibility index (Phi) is 7.59. The number of amides is 1. The molecule has 2 aliphatic heterocycles. The quantitative estimate of drug-likeness (QED) is 0.509. The second-order valence-corrected chi connectivity index (χ2v) is 9.23. The lowest BCUT2D eigenvalue weighted by molar-refractivity contribution is -0.119. The number of likely N-dealkylation sites (tertiary alicyclic amines) is 1. The average Bonchev–Trinajstić information content (AvgIpc) is 3.52. The molecular weight excluding hydrogens is 406 g/mol. The maximum atomic E-state index is 12.1. The first-order valence-electron chi connectivity index (χ1n) is 11.4. The van der Waals surface area contributed by atoms with Crippen molar-refractivity contribution in [2.45, 2.75) is 44.7 Å². The number of aliphatic imine (C=N–C) groups is 1. The van der Waals surface area contributed by atoms with Crippen LogP contribution in [0.3, 0.4) is 0 Å². The van der Waals surface area contributed by atoms with Gasteiger partial charge in [0.2, 0.25) is 5.91 Å². The molecular formula is C24H33N5OS. The summed E-state index contributed by atoms with van der Waals surface area (Å²) in [5, 5.41) is 9.11. The van der Waals surface area contributed by atoms with Crippen molar-refractivity contribution in [3.8, 4) is 0 Å². The van der Waals surface area contributed by atoms with Gasteiger partial charge in [-0.1, -0.05) is 18.2 Å². The van der Waals surface area contributed by atoms with Crippen LogP contribution in [0.25, 0.3) is 0 Å². The summed E-state index contributed by atoms with van der Waals surface area (Å²) in [6.45, 7) is 4.71. The van der Waals surface area contributed by atoms with Crippen molar-refractivity contribution >= 4 is 28.9 Å². The highest BCUT2D eigenvalue weighted by Gasteiger charge is 2.24. The molecule has 4 rings (SSSR count). The molecule has 3 heterocycles. The minimum Gasteiger partial charge on any atom is -0.354 e. The first kappa shape index (κ1) is 21.8. The van der Waals surface area contributed by atoms with E-state index in [-0.39, 0.29) is 5.91 Å². The number of anilines is 1. The van der Waals surface area contributed by atoms with E-state index in [1.165, 1.54) is 36.4 Å². The monoisotopic (exact) mass is 439 g/mol. The van der Waals surface area contributed by atoms with Gasteiger partial charge in [0, 0.05) is 43.7 Å². The van der Waals surface area contributed by atoms with Crippen LogP contribution in [-0.2, 0) is 11.3 Å². The van der Waals surface area contributed by atoms with Crippen molar-refractivity contribution in [3.63, 3.8) is 0 Å². The Labute approximate surface area is 189 Å². The third kappa shape index (κ3) is 5.66. The van der Waals surface area contributed by atoms with Crippen LogP contribution in [0.5, 0.6) is 0 Å². The zero-order valence-electron chi connectivity index (χ0n) is 18.3.